The van der Waals surface area contributed by atoms with Crippen LogP contribution in [0, 0.1) is 0 Å². The maximum Gasteiger partial charge on any atom is 0.231 e. The van der Waals surface area contributed by atoms with Crippen LogP contribution in [0.25, 0.3) is 0 Å². The van der Waals surface area contributed by atoms with Crippen molar-refractivity contribution in [2.45, 2.75) is 0 Å². The first kappa shape index (κ1) is 13.8. The standard InChI is InChI=1S/C11H17ClN6O/c1-14-9-10(12)15-7-16-11(9)18-4-2-17(3-5-18)6-8(13)19/h7,14H,2-6H2,1H3,(H2,13,19). The van der Waals surface area contributed by atoms with E-state index in [1.165, 1.54) is 6.33 Å². The van der Waals surface area contributed by atoms with E-state index in [0.29, 0.717) is 11.7 Å². The van der Waals surface area contributed by atoms with Crippen molar-refractivity contribution >= 4 is 29.0 Å². The number of carbonyl (C=O) groups is 1. The predicted octanol–water partition coefficient (Wildman–Crippen LogP) is -0.221. The second kappa shape index (κ2) is 6.03. The number of nitrogens with two attached hydrogens (primary N) is 1. The van der Waals surface area contributed by atoms with Crippen molar-refractivity contribution in [1.29, 1.82) is 0 Å². The third kappa shape index (κ3) is 3.24. The molecule has 2 rings (SSSR count). The molecule has 0 spiro atoms. The molecule has 104 valence electrons. The van der Waals surface area contributed by atoms with Crippen molar-refractivity contribution in [2.75, 3.05) is 50.0 Å². The molecule has 0 radical (unpaired) electrons. The first-order valence-corrected chi connectivity index (χ1v) is 6.43. The van der Waals surface area contributed by atoms with E-state index in [2.05, 4.69) is 20.2 Å². The van der Waals surface area contributed by atoms with Gasteiger partial charge in [-0.25, -0.2) is 9.97 Å². The Balaban J connectivity index is 2.05. The number of nitrogens with zero attached hydrogens (tertiary/aromatic N) is 4. The number of halogens is 1. The molecule has 0 bridgehead atoms. The van der Waals surface area contributed by atoms with Crippen LogP contribution in [0.3, 0.4) is 0 Å². The van der Waals surface area contributed by atoms with Gasteiger partial charge in [-0.2, -0.15) is 0 Å². The normalized spacial score (nSPS) is 16.4. The van der Waals surface area contributed by atoms with Gasteiger partial charge in [-0.3, -0.25) is 9.69 Å². The van der Waals surface area contributed by atoms with Crippen molar-refractivity contribution in [3.63, 3.8) is 0 Å². The van der Waals surface area contributed by atoms with Crippen molar-refractivity contribution in [3.8, 4) is 0 Å². The molecule has 1 amide bonds. The highest BCUT2D eigenvalue weighted by molar-refractivity contribution is 6.32. The number of carbonyl (C=O) groups excluding carboxylic acids is 1. The highest BCUT2D eigenvalue weighted by Crippen LogP contribution is 2.29. The second-order valence-electron chi connectivity index (χ2n) is 4.34. The van der Waals surface area contributed by atoms with Crippen molar-refractivity contribution in [1.82, 2.24) is 14.9 Å². The maximum absolute atomic E-state index is 10.9. The largest absolute Gasteiger partial charge is 0.383 e. The highest BCUT2D eigenvalue weighted by atomic mass is 35.5. The smallest absolute Gasteiger partial charge is 0.231 e. The van der Waals surface area contributed by atoms with Gasteiger partial charge < -0.3 is 16.0 Å². The maximum atomic E-state index is 10.9. The van der Waals surface area contributed by atoms with Gasteiger partial charge in [-0.15, -0.1) is 0 Å². The van der Waals surface area contributed by atoms with Gasteiger partial charge in [-0.05, 0) is 0 Å². The zero-order valence-corrected chi connectivity index (χ0v) is 11.5. The van der Waals surface area contributed by atoms with Crippen LogP contribution in [0.2, 0.25) is 5.15 Å². The summed E-state index contributed by atoms with van der Waals surface area (Å²) in [6.45, 7) is 3.39. The number of hydrogen-bond donors (Lipinski definition) is 2. The van der Waals surface area contributed by atoms with E-state index in [0.717, 1.165) is 37.7 Å². The second-order valence-corrected chi connectivity index (χ2v) is 4.70. The van der Waals surface area contributed by atoms with E-state index < -0.39 is 0 Å². The summed E-state index contributed by atoms with van der Waals surface area (Å²) in [6.07, 6.45) is 1.45. The lowest BCUT2D eigenvalue weighted by atomic mass is 10.3. The van der Waals surface area contributed by atoms with Gasteiger partial charge in [0.05, 0.1) is 6.54 Å². The highest BCUT2D eigenvalue weighted by Gasteiger charge is 2.22. The van der Waals surface area contributed by atoms with Gasteiger partial charge in [0, 0.05) is 33.2 Å². The van der Waals surface area contributed by atoms with Gasteiger partial charge in [0.25, 0.3) is 0 Å². The average Bonchev–Trinajstić information content (AvgIpc) is 2.38. The molecule has 1 aliphatic rings. The topological polar surface area (TPSA) is 87.4 Å². The van der Waals surface area contributed by atoms with Crippen molar-refractivity contribution in [2.24, 2.45) is 5.73 Å². The van der Waals surface area contributed by atoms with Crippen molar-refractivity contribution < 1.29 is 4.79 Å². The number of hydrogen-bond acceptors (Lipinski definition) is 6. The first-order valence-electron chi connectivity index (χ1n) is 6.05. The molecule has 1 aliphatic heterocycles. The summed E-state index contributed by atoms with van der Waals surface area (Å²) < 4.78 is 0. The van der Waals surface area contributed by atoms with Crippen LogP contribution >= 0.6 is 11.6 Å². The number of piperazine rings is 1. The molecule has 0 saturated carbocycles. The minimum absolute atomic E-state index is 0.297. The molecule has 0 aromatic carbocycles. The molecule has 7 nitrogen and oxygen atoms in total. The zero-order valence-electron chi connectivity index (χ0n) is 10.8. The van der Waals surface area contributed by atoms with E-state index in [-0.39, 0.29) is 5.91 Å². The zero-order chi connectivity index (χ0) is 13.8. The summed E-state index contributed by atoms with van der Waals surface area (Å²) >= 11 is 6.03. The average molecular weight is 285 g/mol. The molecular weight excluding hydrogens is 268 g/mol. The number of primary amides is 1. The Bertz CT molecular complexity index is 460. The lowest BCUT2D eigenvalue weighted by Gasteiger charge is -2.35. The first-order chi connectivity index (χ1) is 9.11. The number of amides is 1. The van der Waals surface area contributed by atoms with Crippen LogP contribution < -0.4 is 16.0 Å². The number of rotatable bonds is 4. The third-order valence-corrected chi connectivity index (χ3v) is 3.37. The molecule has 19 heavy (non-hydrogen) atoms. The Morgan fingerprint density at radius 1 is 1.42 bits per heavy atom. The van der Waals surface area contributed by atoms with E-state index in [4.69, 9.17) is 17.3 Å². The molecule has 3 N–H and O–H groups in total. The minimum Gasteiger partial charge on any atom is -0.383 e. The SMILES string of the molecule is CNc1c(Cl)ncnc1N1CCN(CC(N)=O)CC1. The summed E-state index contributed by atoms with van der Waals surface area (Å²) in [7, 11) is 1.79. The summed E-state index contributed by atoms with van der Waals surface area (Å²) in [6, 6.07) is 0. The molecule has 1 aromatic heterocycles. The Morgan fingerprint density at radius 2 is 2.11 bits per heavy atom. The van der Waals surface area contributed by atoms with Crippen LogP contribution in [0.1, 0.15) is 0 Å². The van der Waals surface area contributed by atoms with Gasteiger partial charge >= 0.3 is 0 Å². The lowest BCUT2D eigenvalue weighted by molar-refractivity contribution is -0.119. The summed E-state index contributed by atoms with van der Waals surface area (Å²) in [5.74, 6) is 0.496. The number of nitrogens with one attached hydrogen (secondary N) is 1. The summed E-state index contributed by atoms with van der Waals surface area (Å²) in [5.41, 5.74) is 5.92. The molecule has 8 heteroatoms. The van der Waals surface area contributed by atoms with E-state index >= 15 is 0 Å². The third-order valence-electron chi connectivity index (χ3n) is 3.08. The molecule has 0 atom stereocenters. The Hall–Kier alpha value is -1.60. The molecule has 1 saturated heterocycles. The summed E-state index contributed by atoms with van der Waals surface area (Å²) in [4.78, 5) is 23.3. The Labute approximate surface area is 116 Å². The molecular formula is C11H17ClN6O. The van der Waals surface area contributed by atoms with Gasteiger partial charge in [0.2, 0.25) is 5.91 Å². The fraction of sp³-hybridized carbons (Fsp3) is 0.545. The van der Waals surface area contributed by atoms with Crippen molar-refractivity contribution in [3.05, 3.63) is 11.5 Å². The molecule has 1 aromatic rings. The molecule has 2 heterocycles. The fourth-order valence-corrected chi connectivity index (χ4v) is 2.37. The van der Waals surface area contributed by atoms with Crippen LogP contribution in [0.5, 0.6) is 0 Å². The van der Waals surface area contributed by atoms with Gasteiger partial charge in [-0.1, -0.05) is 11.6 Å². The molecule has 0 aliphatic carbocycles. The molecule has 0 unspecified atom stereocenters. The van der Waals surface area contributed by atoms with E-state index in [1.807, 2.05) is 4.90 Å². The number of aromatic nitrogens is 2. The van der Waals surface area contributed by atoms with Gasteiger partial charge in [0.1, 0.15) is 12.0 Å². The fourth-order valence-electron chi connectivity index (χ4n) is 2.15. The quantitative estimate of drug-likeness (QED) is 0.743. The molecule has 1 fully saturated rings. The minimum atomic E-state index is -0.297. The van der Waals surface area contributed by atoms with Crippen LogP contribution in [0.15, 0.2) is 6.33 Å². The van der Waals surface area contributed by atoms with E-state index in [9.17, 15) is 4.79 Å². The van der Waals surface area contributed by atoms with Crippen LogP contribution in [-0.2, 0) is 4.79 Å². The summed E-state index contributed by atoms with van der Waals surface area (Å²) in [5, 5.41) is 3.43. The van der Waals surface area contributed by atoms with Gasteiger partial charge in [0.15, 0.2) is 11.0 Å². The lowest BCUT2D eigenvalue weighted by Crippen LogP contribution is -2.49. The van der Waals surface area contributed by atoms with Crippen LogP contribution in [-0.4, -0.2) is 60.5 Å². The Kier molecular flexibility index (Phi) is 4.39. The van der Waals surface area contributed by atoms with Crippen LogP contribution in [0.4, 0.5) is 11.5 Å². The number of anilines is 2. The Morgan fingerprint density at radius 3 is 2.68 bits per heavy atom. The monoisotopic (exact) mass is 284 g/mol. The van der Waals surface area contributed by atoms with E-state index in [1.54, 1.807) is 7.05 Å². The predicted molar refractivity (Wildman–Crippen MR) is 74.4 cm³/mol.